The van der Waals surface area contributed by atoms with E-state index in [-0.39, 0.29) is 0 Å². The average molecular weight is 683 g/mol. The minimum Gasteiger partial charge on any atom is -0.317 e. The summed E-state index contributed by atoms with van der Waals surface area (Å²) < 4.78 is 0. The van der Waals surface area contributed by atoms with Crippen LogP contribution in [0.4, 0.5) is 5.69 Å². The largest absolute Gasteiger partial charge is 0.317 e. The number of fused-ring (bicyclic) bond motifs is 7. The van der Waals surface area contributed by atoms with E-state index in [1.807, 2.05) is 6.20 Å². The van der Waals surface area contributed by atoms with E-state index < -0.39 is 0 Å². The molecule has 0 aliphatic heterocycles. The van der Waals surface area contributed by atoms with Crippen molar-refractivity contribution in [2.75, 3.05) is 4.90 Å². The van der Waals surface area contributed by atoms with E-state index in [1.165, 1.54) is 65.4 Å². The smallest absolute Gasteiger partial charge is 0.0467 e. The molecule has 0 atom stereocenters. The third kappa shape index (κ3) is 6.80. The van der Waals surface area contributed by atoms with Crippen molar-refractivity contribution < 1.29 is 0 Å². The predicted molar refractivity (Wildman–Crippen MR) is 231 cm³/mol. The van der Waals surface area contributed by atoms with Crippen LogP contribution in [0.2, 0.25) is 0 Å². The average Bonchev–Trinajstić information content (AvgIpc) is 3.22. The minimum absolute atomic E-state index is 0.967. The van der Waals surface area contributed by atoms with Crippen LogP contribution < -0.4 is 4.90 Å². The second-order valence-electron chi connectivity index (χ2n) is 13.8. The first-order chi connectivity index (χ1) is 25.9. The molecule has 2 nitrogen and oxygen atoms in total. The number of hydrogen-bond acceptors (Lipinski definition) is 2. The van der Waals surface area contributed by atoms with Gasteiger partial charge in [0.2, 0.25) is 0 Å². The van der Waals surface area contributed by atoms with Crippen molar-refractivity contribution in [2.24, 2.45) is 4.99 Å². The lowest BCUT2D eigenvalue weighted by atomic mass is 9.91. The van der Waals surface area contributed by atoms with Crippen LogP contribution in [0.15, 0.2) is 199 Å². The normalized spacial score (nSPS) is 13.0. The first-order valence-corrected chi connectivity index (χ1v) is 18.3. The Bertz CT molecular complexity index is 2730. The van der Waals surface area contributed by atoms with E-state index in [2.05, 4.69) is 209 Å². The van der Waals surface area contributed by atoms with Crippen LogP contribution in [-0.2, 0) is 0 Å². The molecule has 0 aliphatic rings. The fourth-order valence-corrected chi connectivity index (χ4v) is 7.42. The van der Waals surface area contributed by atoms with Crippen LogP contribution in [0, 0.1) is 0 Å². The highest BCUT2D eigenvalue weighted by Crippen LogP contribution is 2.38. The van der Waals surface area contributed by atoms with Crippen molar-refractivity contribution >= 4 is 60.1 Å². The summed E-state index contributed by atoms with van der Waals surface area (Å²) in [5.74, 6) is 0. The molecule has 0 heterocycles. The summed E-state index contributed by atoms with van der Waals surface area (Å²) in [6.45, 7) is 8.56. The Kier molecular flexibility index (Phi) is 9.27. The number of benzene rings is 8. The monoisotopic (exact) mass is 682 g/mol. The van der Waals surface area contributed by atoms with E-state index in [0.717, 1.165) is 28.4 Å². The molecular weight excluding hydrogens is 641 g/mol. The molecule has 256 valence electrons. The van der Waals surface area contributed by atoms with E-state index in [1.54, 1.807) is 0 Å². The summed E-state index contributed by atoms with van der Waals surface area (Å²) in [5.41, 5.74) is 10.1. The number of nitrogens with zero attached hydrogens (tertiary/aromatic N) is 2. The van der Waals surface area contributed by atoms with Crippen molar-refractivity contribution in [1.82, 2.24) is 0 Å². The van der Waals surface area contributed by atoms with Gasteiger partial charge in [0.25, 0.3) is 0 Å². The van der Waals surface area contributed by atoms with Crippen LogP contribution in [0.5, 0.6) is 0 Å². The topological polar surface area (TPSA) is 15.6 Å². The lowest BCUT2D eigenvalue weighted by molar-refractivity contribution is 1.05. The highest BCUT2D eigenvalue weighted by molar-refractivity contribution is 6.28. The van der Waals surface area contributed by atoms with Gasteiger partial charge in [-0.15, -0.1) is 0 Å². The zero-order valence-corrected chi connectivity index (χ0v) is 30.7. The molecule has 0 unspecified atom stereocenters. The fourth-order valence-electron chi connectivity index (χ4n) is 7.42. The standard InChI is InChI=1S/C51H42N2/c1-35(39-15-7-5-8-16-39)23-24-36(2)53(45-28-25-41(26-29-45)40-17-9-6-10-18-40)37(3)34-52-38(4)42-27-30-48-49(31-42)46-21-13-14-22-47(46)50-32-43-19-11-12-20-44(43)33-51(48)50/h5-34H,1-4H3/b35-23+,36-24+,37-34+,52-38?. The minimum atomic E-state index is 0.967. The highest BCUT2D eigenvalue weighted by Gasteiger charge is 2.13. The summed E-state index contributed by atoms with van der Waals surface area (Å²) in [5, 5.41) is 10.1. The van der Waals surface area contributed by atoms with Gasteiger partial charge >= 0.3 is 0 Å². The molecule has 8 aromatic carbocycles. The molecule has 0 aromatic heterocycles. The van der Waals surface area contributed by atoms with Gasteiger partial charge in [0.15, 0.2) is 0 Å². The maximum atomic E-state index is 5.09. The van der Waals surface area contributed by atoms with E-state index in [9.17, 15) is 0 Å². The molecule has 0 fully saturated rings. The zero-order chi connectivity index (χ0) is 36.3. The number of rotatable bonds is 8. The van der Waals surface area contributed by atoms with Gasteiger partial charge in [0.1, 0.15) is 0 Å². The van der Waals surface area contributed by atoms with Crippen molar-refractivity contribution in [3.63, 3.8) is 0 Å². The Morgan fingerprint density at radius 2 is 0.962 bits per heavy atom. The molecule has 8 rings (SSSR count). The van der Waals surface area contributed by atoms with Gasteiger partial charge < -0.3 is 4.90 Å². The molecule has 0 saturated carbocycles. The van der Waals surface area contributed by atoms with Gasteiger partial charge in [-0.2, -0.15) is 0 Å². The third-order valence-corrected chi connectivity index (χ3v) is 10.3. The van der Waals surface area contributed by atoms with Gasteiger partial charge in [-0.05, 0) is 135 Å². The number of allylic oxidation sites excluding steroid dienone is 5. The number of anilines is 1. The summed E-state index contributed by atoms with van der Waals surface area (Å²) in [6.07, 6.45) is 6.40. The van der Waals surface area contributed by atoms with Crippen LogP contribution in [0.25, 0.3) is 59.8 Å². The summed E-state index contributed by atoms with van der Waals surface area (Å²) in [4.78, 5) is 7.37. The van der Waals surface area contributed by atoms with Crippen LogP contribution in [0.3, 0.4) is 0 Å². The molecule has 0 bridgehead atoms. The molecule has 0 radical (unpaired) electrons. The highest BCUT2D eigenvalue weighted by atomic mass is 15.2. The number of hydrogen-bond donors (Lipinski definition) is 0. The van der Waals surface area contributed by atoms with Crippen LogP contribution in [0.1, 0.15) is 38.8 Å². The maximum absolute atomic E-state index is 5.09. The molecule has 0 aliphatic carbocycles. The lowest BCUT2D eigenvalue weighted by Gasteiger charge is -2.26. The van der Waals surface area contributed by atoms with Gasteiger partial charge in [-0.1, -0.05) is 140 Å². The van der Waals surface area contributed by atoms with Crippen molar-refractivity contribution in [2.45, 2.75) is 27.7 Å². The maximum Gasteiger partial charge on any atom is 0.0467 e. The molecule has 0 amide bonds. The Balaban J connectivity index is 1.18. The SMILES string of the molecule is CC(=N/C=C(\C)N(/C(C)=C/C=C(\C)c1ccccc1)c1ccc(-c2ccccc2)cc1)c1ccc2c(c1)c1ccccc1c1cc3ccccc3cc21. The molecule has 0 N–H and O–H groups in total. The fraction of sp³-hybridized carbons (Fsp3) is 0.0784. The molecule has 0 saturated heterocycles. The van der Waals surface area contributed by atoms with Gasteiger partial charge in [0.05, 0.1) is 0 Å². The first-order valence-electron chi connectivity index (χ1n) is 18.3. The van der Waals surface area contributed by atoms with Crippen LogP contribution in [-0.4, -0.2) is 5.71 Å². The Labute approximate surface area is 312 Å². The first kappa shape index (κ1) is 33.6. The second kappa shape index (κ2) is 14.6. The van der Waals surface area contributed by atoms with Gasteiger partial charge in [-0.3, -0.25) is 4.99 Å². The van der Waals surface area contributed by atoms with Crippen LogP contribution >= 0.6 is 0 Å². The third-order valence-electron chi connectivity index (χ3n) is 10.3. The molecular formula is C51H42N2. The lowest BCUT2D eigenvalue weighted by Crippen LogP contribution is -2.18. The summed E-state index contributed by atoms with van der Waals surface area (Å²) in [6, 6.07) is 58.7. The summed E-state index contributed by atoms with van der Waals surface area (Å²) in [7, 11) is 0. The zero-order valence-electron chi connectivity index (χ0n) is 30.7. The number of aliphatic imine (C=N–C) groups is 1. The van der Waals surface area contributed by atoms with Crippen molar-refractivity contribution in [1.29, 1.82) is 0 Å². The predicted octanol–water partition coefficient (Wildman–Crippen LogP) is 14.2. The second-order valence-corrected chi connectivity index (χ2v) is 13.8. The van der Waals surface area contributed by atoms with E-state index >= 15 is 0 Å². The molecule has 0 spiro atoms. The molecule has 2 heteroatoms. The van der Waals surface area contributed by atoms with E-state index in [0.29, 0.717) is 0 Å². The molecule has 8 aromatic rings. The van der Waals surface area contributed by atoms with Gasteiger partial charge in [-0.25, -0.2) is 0 Å². The Morgan fingerprint density at radius 1 is 0.434 bits per heavy atom. The van der Waals surface area contributed by atoms with Crippen molar-refractivity contribution in [3.8, 4) is 11.1 Å². The van der Waals surface area contributed by atoms with Gasteiger partial charge in [0, 0.05) is 29.0 Å². The van der Waals surface area contributed by atoms with E-state index in [4.69, 9.17) is 4.99 Å². The molecule has 53 heavy (non-hydrogen) atoms. The Morgan fingerprint density at radius 3 is 1.60 bits per heavy atom. The Hall–Kier alpha value is -6.51. The summed E-state index contributed by atoms with van der Waals surface area (Å²) >= 11 is 0. The van der Waals surface area contributed by atoms with Crippen molar-refractivity contribution in [3.05, 3.63) is 205 Å². The quantitative estimate of drug-likeness (QED) is 0.0674.